The smallest absolute Gasteiger partial charge is 0.407 e. The van der Waals surface area contributed by atoms with Crippen molar-refractivity contribution in [2.75, 3.05) is 7.11 Å². The summed E-state index contributed by atoms with van der Waals surface area (Å²) in [5.41, 5.74) is 0.0579. The molecule has 0 spiro atoms. The van der Waals surface area contributed by atoms with Gasteiger partial charge in [-0.2, -0.15) is 0 Å². The summed E-state index contributed by atoms with van der Waals surface area (Å²) in [7, 11) is 1.38. The Hall–Kier alpha value is -0.730. The van der Waals surface area contributed by atoms with Crippen LogP contribution in [0.1, 0.15) is 34.6 Å². The second-order valence-corrected chi connectivity index (χ2v) is 4.72. The summed E-state index contributed by atoms with van der Waals surface area (Å²) >= 11 is 0. The molecule has 0 aliphatic carbocycles. The maximum Gasteiger partial charge on any atom is 0.407 e. The Kier molecular flexibility index (Phi) is 4.24. The third-order valence-electron chi connectivity index (χ3n) is 2.06. The lowest BCUT2D eigenvalue weighted by molar-refractivity contribution is 0.142. The molecule has 0 heterocycles. The Labute approximate surface area is 80.8 Å². The van der Waals surface area contributed by atoms with Crippen LogP contribution in [0.2, 0.25) is 0 Å². The highest BCUT2D eigenvalue weighted by atomic mass is 16.5. The van der Waals surface area contributed by atoms with Crippen LogP contribution in [-0.4, -0.2) is 19.2 Å². The number of nitrogens with one attached hydrogen (secondary N) is 1. The predicted octanol–water partition coefficient (Wildman–Crippen LogP) is 2.41. The quantitative estimate of drug-likeness (QED) is 0.721. The standard InChI is InChI=1S/C10H21NO2/c1-7(2)8(10(3,4)5)11-9(12)13-6/h7-8H,1-6H3,(H,11,12). The van der Waals surface area contributed by atoms with E-state index in [1.807, 2.05) is 0 Å². The minimum absolute atomic E-state index is 0.0579. The van der Waals surface area contributed by atoms with Gasteiger partial charge in [0.1, 0.15) is 0 Å². The summed E-state index contributed by atoms with van der Waals surface area (Å²) in [6.07, 6.45) is -0.353. The van der Waals surface area contributed by atoms with Gasteiger partial charge < -0.3 is 10.1 Å². The molecule has 1 atom stereocenters. The maximum atomic E-state index is 11.0. The summed E-state index contributed by atoms with van der Waals surface area (Å²) in [5.74, 6) is 0.402. The minimum Gasteiger partial charge on any atom is -0.453 e. The third-order valence-corrected chi connectivity index (χ3v) is 2.06. The number of hydrogen-bond donors (Lipinski definition) is 1. The zero-order valence-corrected chi connectivity index (χ0v) is 9.47. The predicted molar refractivity (Wildman–Crippen MR) is 53.6 cm³/mol. The summed E-state index contributed by atoms with van der Waals surface area (Å²) < 4.78 is 4.58. The summed E-state index contributed by atoms with van der Waals surface area (Å²) in [4.78, 5) is 11.0. The molecule has 0 bridgehead atoms. The van der Waals surface area contributed by atoms with E-state index in [1.165, 1.54) is 7.11 Å². The summed E-state index contributed by atoms with van der Waals surface area (Å²) in [6.45, 7) is 10.5. The number of alkyl carbamates (subject to hydrolysis) is 1. The van der Waals surface area contributed by atoms with Crippen LogP contribution in [0.4, 0.5) is 4.79 Å². The number of hydrogen-bond acceptors (Lipinski definition) is 2. The molecule has 0 aromatic carbocycles. The fraction of sp³-hybridized carbons (Fsp3) is 0.900. The lowest BCUT2D eigenvalue weighted by Gasteiger charge is -2.34. The van der Waals surface area contributed by atoms with Crippen molar-refractivity contribution in [2.24, 2.45) is 11.3 Å². The molecule has 0 saturated heterocycles. The number of ether oxygens (including phenoxy) is 1. The van der Waals surface area contributed by atoms with E-state index in [9.17, 15) is 4.79 Å². The SMILES string of the molecule is COC(=O)NC(C(C)C)C(C)(C)C. The van der Waals surface area contributed by atoms with Crippen LogP contribution in [0.5, 0.6) is 0 Å². The molecule has 0 radical (unpaired) electrons. The second-order valence-electron chi connectivity index (χ2n) is 4.72. The van der Waals surface area contributed by atoms with Crippen LogP contribution in [0.3, 0.4) is 0 Å². The third kappa shape index (κ3) is 4.15. The van der Waals surface area contributed by atoms with Gasteiger partial charge in [0.15, 0.2) is 0 Å². The van der Waals surface area contributed by atoms with Gasteiger partial charge in [-0.1, -0.05) is 34.6 Å². The second kappa shape index (κ2) is 4.49. The van der Waals surface area contributed by atoms with Crippen molar-refractivity contribution in [3.8, 4) is 0 Å². The Bertz CT molecular complexity index is 170. The average Bonchev–Trinajstić information content (AvgIpc) is 1.96. The fourth-order valence-corrected chi connectivity index (χ4v) is 1.57. The Morgan fingerprint density at radius 3 is 2.00 bits per heavy atom. The van der Waals surface area contributed by atoms with Crippen molar-refractivity contribution in [1.82, 2.24) is 5.32 Å². The first-order valence-electron chi connectivity index (χ1n) is 4.63. The van der Waals surface area contributed by atoms with Gasteiger partial charge in [-0.05, 0) is 11.3 Å². The number of amides is 1. The van der Waals surface area contributed by atoms with E-state index in [1.54, 1.807) is 0 Å². The molecule has 1 unspecified atom stereocenters. The van der Waals surface area contributed by atoms with Crippen molar-refractivity contribution in [3.05, 3.63) is 0 Å². The molecule has 3 heteroatoms. The Morgan fingerprint density at radius 1 is 1.31 bits per heavy atom. The molecule has 13 heavy (non-hydrogen) atoms. The highest BCUT2D eigenvalue weighted by Crippen LogP contribution is 2.24. The van der Waals surface area contributed by atoms with Crippen LogP contribution in [0, 0.1) is 11.3 Å². The largest absolute Gasteiger partial charge is 0.453 e. The molecule has 78 valence electrons. The molecule has 1 N–H and O–H groups in total. The van der Waals surface area contributed by atoms with E-state index in [0.29, 0.717) is 5.92 Å². The lowest BCUT2D eigenvalue weighted by atomic mass is 9.80. The highest BCUT2D eigenvalue weighted by Gasteiger charge is 2.28. The Balaban J connectivity index is 4.36. The number of carbonyl (C=O) groups excluding carboxylic acids is 1. The number of carbonyl (C=O) groups is 1. The van der Waals surface area contributed by atoms with Crippen molar-refractivity contribution in [1.29, 1.82) is 0 Å². The molecule has 1 amide bonds. The first-order valence-corrected chi connectivity index (χ1v) is 4.63. The number of rotatable bonds is 2. The summed E-state index contributed by atoms with van der Waals surface area (Å²) in [5, 5.41) is 2.84. The van der Waals surface area contributed by atoms with E-state index in [4.69, 9.17) is 0 Å². The first kappa shape index (κ1) is 12.3. The van der Waals surface area contributed by atoms with Crippen LogP contribution < -0.4 is 5.32 Å². The van der Waals surface area contributed by atoms with Crippen molar-refractivity contribution >= 4 is 6.09 Å². The van der Waals surface area contributed by atoms with E-state index in [0.717, 1.165) is 0 Å². The van der Waals surface area contributed by atoms with Crippen LogP contribution in [0.15, 0.2) is 0 Å². The van der Waals surface area contributed by atoms with Gasteiger partial charge in [0.05, 0.1) is 7.11 Å². The lowest BCUT2D eigenvalue weighted by Crippen LogP contribution is -2.47. The molecule has 3 nitrogen and oxygen atoms in total. The molecule has 0 aliphatic heterocycles. The molecule has 0 aromatic rings. The monoisotopic (exact) mass is 187 g/mol. The molecular formula is C10H21NO2. The number of methoxy groups -OCH3 is 1. The highest BCUT2D eigenvalue weighted by molar-refractivity contribution is 5.67. The topological polar surface area (TPSA) is 38.3 Å². The molecule has 0 saturated carbocycles. The van der Waals surface area contributed by atoms with Crippen molar-refractivity contribution in [3.63, 3.8) is 0 Å². The van der Waals surface area contributed by atoms with Gasteiger partial charge in [0.25, 0.3) is 0 Å². The van der Waals surface area contributed by atoms with E-state index >= 15 is 0 Å². The normalized spacial score (nSPS) is 14.1. The first-order chi connectivity index (χ1) is 5.79. The molecule has 0 fully saturated rings. The van der Waals surface area contributed by atoms with Crippen LogP contribution in [0.25, 0.3) is 0 Å². The van der Waals surface area contributed by atoms with Gasteiger partial charge >= 0.3 is 6.09 Å². The van der Waals surface area contributed by atoms with Crippen LogP contribution in [-0.2, 0) is 4.74 Å². The fourth-order valence-electron chi connectivity index (χ4n) is 1.57. The van der Waals surface area contributed by atoms with Gasteiger partial charge in [-0.25, -0.2) is 4.79 Å². The van der Waals surface area contributed by atoms with Gasteiger partial charge in [0.2, 0.25) is 0 Å². The zero-order chi connectivity index (χ0) is 10.6. The summed E-state index contributed by atoms with van der Waals surface area (Å²) in [6, 6.07) is 0.139. The molecular weight excluding hydrogens is 166 g/mol. The Morgan fingerprint density at radius 2 is 1.77 bits per heavy atom. The van der Waals surface area contributed by atoms with Gasteiger partial charge in [-0.3, -0.25) is 0 Å². The molecule has 0 aromatic heterocycles. The van der Waals surface area contributed by atoms with E-state index < -0.39 is 0 Å². The minimum atomic E-state index is -0.353. The van der Waals surface area contributed by atoms with E-state index in [2.05, 4.69) is 44.7 Å². The van der Waals surface area contributed by atoms with Crippen molar-refractivity contribution in [2.45, 2.75) is 40.7 Å². The van der Waals surface area contributed by atoms with Gasteiger partial charge in [0, 0.05) is 6.04 Å². The van der Waals surface area contributed by atoms with Gasteiger partial charge in [-0.15, -0.1) is 0 Å². The molecule has 0 rings (SSSR count). The maximum absolute atomic E-state index is 11.0. The average molecular weight is 187 g/mol. The molecule has 0 aliphatic rings. The van der Waals surface area contributed by atoms with E-state index in [-0.39, 0.29) is 17.6 Å². The zero-order valence-electron chi connectivity index (χ0n) is 9.47. The van der Waals surface area contributed by atoms with Crippen LogP contribution >= 0.6 is 0 Å². The van der Waals surface area contributed by atoms with Crippen molar-refractivity contribution < 1.29 is 9.53 Å².